The van der Waals surface area contributed by atoms with E-state index in [0.717, 1.165) is 0 Å². The van der Waals surface area contributed by atoms with Crippen LogP contribution in [0.1, 0.15) is 16.2 Å². The lowest BCUT2D eigenvalue weighted by molar-refractivity contribution is 0.102. The van der Waals surface area contributed by atoms with Crippen LogP contribution in [-0.2, 0) is 6.54 Å². The van der Waals surface area contributed by atoms with Crippen LogP contribution in [0.15, 0.2) is 59.2 Å². The molecule has 0 spiro atoms. The summed E-state index contributed by atoms with van der Waals surface area (Å²) in [6.07, 6.45) is 1.54. The average Bonchev–Trinajstić information content (AvgIpc) is 3.53. The van der Waals surface area contributed by atoms with E-state index in [1.54, 1.807) is 61.9 Å². The number of rotatable bonds is 8. The number of methoxy groups -OCH3 is 3. The number of benzene rings is 2. The molecule has 3 amide bonds. The summed E-state index contributed by atoms with van der Waals surface area (Å²) in [7, 11) is 4.60. The first-order valence-electron chi connectivity index (χ1n) is 10.3. The Bertz CT molecular complexity index is 1300. The van der Waals surface area contributed by atoms with Crippen LogP contribution in [-0.4, -0.2) is 38.3 Å². The van der Waals surface area contributed by atoms with Gasteiger partial charge in [0.05, 0.1) is 39.7 Å². The molecular weight excluding hydrogens is 440 g/mol. The first-order valence-corrected chi connectivity index (χ1v) is 10.3. The topological polar surface area (TPSA) is 127 Å². The molecule has 34 heavy (non-hydrogen) atoms. The second kappa shape index (κ2) is 9.90. The van der Waals surface area contributed by atoms with Gasteiger partial charge in [-0.3, -0.25) is 4.79 Å². The highest BCUT2D eigenvalue weighted by Gasteiger charge is 2.19. The molecule has 0 fully saturated rings. The molecule has 4 N–H and O–H groups in total. The monoisotopic (exact) mass is 464 g/mol. The molecule has 0 atom stereocenters. The van der Waals surface area contributed by atoms with Gasteiger partial charge in [0.15, 0.2) is 11.5 Å². The molecule has 2 aromatic carbocycles. The van der Waals surface area contributed by atoms with E-state index in [2.05, 4.69) is 20.9 Å². The number of carbonyl (C=O) groups is 2. The van der Waals surface area contributed by atoms with Gasteiger partial charge in [0.1, 0.15) is 17.2 Å². The van der Waals surface area contributed by atoms with Crippen LogP contribution in [0.5, 0.6) is 17.2 Å². The van der Waals surface area contributed by atoms with E-state index in [9.17, 15) is 9.59 Å². The predicted molar refractivity (Wildman–Crippen MR) is 127 cm³/mol. The minimum absolute atomic E-state index is 0.277. The molecule has 2 heterocycles. The van der Waals surface area contributed by atoms with Gasteiger partial charge in [-0.25, -0.2) is 4.79 Å². The number of hydrogen-bond donors (Lipinski definition) is 4. The lowest BCUT2D eigenvalue weighted by atomic mass is 10.2. The minimum atomic E-state index is -0.371. The molecule has 4 rings (SSSR count). The van der Waals surface area contributed by atoms with Crippen molar-refractivity contribution in [2.45, 2.75) is 6.54 Å². The van der Waals surface area contributed by atoms with Crippen LogP contribution in [0.25, 0.3) is 10.9 Å². The fourth-order valence-corrected chi connectivity index (χ4v) is 3.45. The number of furan rings is 1. The van der Waals surface area contributed by atoms with Crippen molar-refractivity contribution < 1.29 is 28.2 Å². The molecule has 0 radical (unpaired) electrons. The average molecular weight is 464 g/mol. The van der Waals surface area contributed by atoms with Crippen molar-refractivity contribution in [1.29, 1.82) is 0 Å². The molecule has 2 aromatic heterocycles. The quantitative estimate of drug-likeness (QED) is 0.307. The van der Waals surface area contributed by atoms with Crippen molar-refractivity contribution in [3.8, 4) is 17.2 Å². The third kappa shape index (κ3) is 4.75. The zero-order valence-electron chi connectivity index (χ0n) is 18.9. The molecule has 0 aliphatic heterocycles. The third-order valence-electron chi connectivity index (χ3n) is 5.09. The lowest BCUT2D eigenvalue weighted by Gasteiger charge is -2.11. The molecular formula is C24H24N4O6. The Morgan fingerprint density at radius 2 is 1.62 bits per heavy atom. The van der Waals surface area contributed by atoms with E-state index in [1.807, 2.05) is 0 Å². The number of H-pyrrole nitrogens is 1. The molecule has 0 saturated carbocycles. The van der Waals surface area contributed by atoms with Crippen LogP contribution >= 0.6 is 0 Å². The Morgan fingerprint density at radius 3 is 2.24 bits per heavy atom. The zero-order valence-corrected chi connectivity index (χ0v) is 18.9. The Kier molecular flexibility index (Phi) is 6.58. The van der Waals surface area contributed by atoms with E-state index in [0.29, 0.717) is 51.0 Å². The summed E-state index contributed by atoms with van der Waals surface area (Å²) in [5, 5.41) is 8.92. The first kappa shape index (κ1) is 22.6. The fourth-order valence-electron chi connectivity index (χ4n) is 3.45. The number of aromatic nitrogens is 1. The van der Waals surface area contributed by atoms with E-state index < -0.39 is 0 Å². The molecule has 176 valence electrons. The van der Waals surface area contributed by atoms with Gasteiger partial charge in [0, 0.05) is 22.8 Å². The van der Waals surface area contributed by atoms with Crippen LogP contribution in [0.2, 0.25) is 0 Å². The van der Waals surface area contributed by atoms with Crippen LogP contribution in [0, 0.1) is 0 Å². The highest BCUT2D eigenvalue weighted by atomic mass is 16.5. The van der Waals surface area contributed by atoms with E-state index in [4.69, 9.17) is 18.6 Å². The number of aromatic amines is 1. The number of fused-ring (bicyclic) bond motifs is 1. The number of carbonyl (C=O) groups excluding carboxylic acids is 2. The maximum absolute atomic E-state index is 12.9. The smallest absolute Gasteiger partial charge is 0.319 e. The zero-order chi connectivity index (χ0) is 24.1. The first-order chi connectivity index (χ1) is 16.5. The van der Waals surface area contributed by atoms with Crippen molar-refractivity contribution in [2.24, 2.45) is 0 Å². The largest absolute Gasteiger partial charge is 0.496 e. The van der Waals surface area contributed by atoms with E-state index in [1.165, 1.54) is 14.2 Å². The van der Waals surface area contributed by atoms with Gasteiger partial charge in [-0.1, -0.05) is 0 Å². The van der Waals surface area contributed by atoms with Gasteiger partial charge in [-0.2, -0.15) is 0 Å². The number of amides is 3. The number of nitrogens with one attached hydrogen (secondary N) is 4. The van der Waals surface area contributed by atoms with E-state index >= 15 is 0 Å². The van der Waals surface area contributed by atoms with Crippen molar-refractivity contribution in [1.82, 2.24) is 10.3 Å². The summed E-state index contributed by atoms with van der Waals surface area (Å²) in [5.74, 6) is 1.80. The summed E-state index contributed by atoms with van der Waals surface area (Å²) < 4.78 is 21.4. The SMILES string of the molecule is COc1cc(OC)c2cc(C(=O)Nc3ccc(NC(=O)NCc4ccco4)cc3)[nH]c2c1OC. The van der Waals surface area contributed by atoms with Crippen LogP contribution in [0.3, 0.4) is 0 Å². The Balaban J connectivity index is 1.43. The van der Waals surface area contributed by atoms with Gasteiger partial charge in [0.25, 0.3) is 5.91 Å². The van der Waals surface area contributed by atoms with Crippen molar-refractivity contribution >= 4 is 34.2 Å². The summed E-state index contributed by atoms with van der Waals surface area (Å²) in [4.78, 5) is 28.0. The summed E-state index contributed by atoms with van der Waals surface area (Å²) in [5.41, 5.74) is 2.03. The predicted octanol–water partition coefficient (Wildman–Crippen LogP) is 4.36. The van der Waals surface area contributed by atoms with Gasteiger partial charge in [-0.05, 0) is 42.5 Å². The maximum Gasteiger partial charge on any atom is 0.319 e. The standard InChI is InChI=1S/C24H24N4O6/c1-31-19-12-20(32-2)22(33-3)21-17(19)11-18(28-21)23(29)26-14-6-8-15(9-7-14)27-24(30)25-13-16-5-4-10-34-16/h4-12,28H,13H2,1-3H3,(H,26,29)(H2,25,27,30). The third-order valence-corrected chi connectivity index (χ3v) is 5.09. The molecule has 0 aliphatic rings. The van der Waals surface area contributed by atoms with Gasteiger partial charge >= 0.3 is 6.03 Å². The summed E-state index contributed by atoms with van der Waals surface area (Å²) >= 11 is 0. The van der Waals surface area contributed by atoms with Crippen LogP contribution in [0.4, 0.5) is 16.2 Å². The van der Waals surface area contributed by atoms with Crippen molar-refractivity contribution in [3.63, 3.8) is 0 Å². The van der Waals surface area contributed by atoms with Gasteiger partial charge in [0.2, 0.25) is 0 Å². The minimum Gasteiger partial charge on any atom is -0.496 e. The molecule has 10 heteroatoms. The lowest BCUT2D eigenvalue weighted by Crippen LogP contribution is -2.27. The van der Waals surface area contributed by atoms with Gasteiger partial charge < -0.3 is 39.6 Å². The molecule has 0 saturated heterocycles. The van der Waals surface area contributed by atoms with Crippen molar-refractivity contribution in [3.05, 3.63) is 66.2 Å². The Labute approximate surface area is 195 Å². The van der Waals surface area contributed by atoms with Gasteiger partial charge in [-0.15, -0.1) is 0 Å². The number of anilines is 2. The second-order valence-electron chi connectivity index (χ2n) is 7.20. The normalized spacial score (nSPS) is 10.6. The maximum atomic E-state index is 12.9. The van der Waals surface area contributed by atoms with Crippen LogP contribution < -0.4 is 30.2 Å². The number of urea groups is 1. The van der Waals surface area contributed by atoms with Crippen molar-refractivity contribution in [2.75, 3.05) is 32.0 Å². The van der Waals surface area contributed by atoms with E-state index in [-0.39, 0.29) is 18.5 Å². The fraction of sp³-hybridized carbons (Fsp3) is 0.167. The molecule has 0 bridgehead atoms. The highest BCUT2D eigenvalue weighted by Crippen LogP contribution is 2.41. The Morgan fingerprint density at radius 1 is 0.912 bits per heavy atom. The summed E-state index contributed by atoms with van der Waals surface area (Å²) in [6.45, 7) is 0.277. The molecule has 10 nitrogen and oxygen atoms in total. The number of hydrogen-bond acceptors (Lipinski definition) is 6. The number of ether oxygens (including phenoxy) is 3. The molecule has 0 aliphatic carbocycles. The Hall–Kier alpha value is -4.60. The molecule has 0 unspecified atom stereocenters. The molecule has 4 aromatic rings. The second-order valence-corrected chi connectivity index (χ2v) is 7.20. The summed E-state index contributed by atoms with van der Waals surface area (Å²) in [6, 6.07) is 13.3. The highest BCUT2D eigenvalue weighted by molar-refractivity contribution is 6.08.